The molecule has 250 valence electrons. The number of hydrogen-bond donors (Lipinski definition) is 0. The summed E-state index contributed by atoms with van der Waals surface area (Å²) in [5, 5.41) is 11.8. The Labute approximate surface area is 304 Å². The van der Waals surface area contributed by atoms with E-state index >= 15 is 0 Å². The minimum Gasteiger partial charge on any atom is -0.208 e. The van der Waals surface area contributed by atoms with E-state index in [1.54, 1.807) is 0 Å². The maximum atomic E-state index is 9.62. The number of hydrogen-bond acceptors (Lipinski definition) is 4. The molecular weight excluding hydrogens is 633 g/mol. The molecule has 1 aromatic heterocycles. The molecule has 4 bridgehead atoms. The highest BCUT2D eigenvalue weighted by molar-refractivity contribution is 5.98. The summed E-state index contributed by atoms with van der Waals surface area (Å²) in [7, 11) is 0. The molecule has 4 aliphatic rings. The topological polar surface area (TPSA) is 62.5 Å². The Bertz CT molecular complexity index is 2480. The Hall–Kier alpha value is -5.92. The second kappa shape index (κ2) is 12.4. The van der Waals surface area contributed by atoms with Crippen LogP contribution in [0.3, 0.4) is 0 Å². The molecule has 4 aliphatic carbocycles. The van der Waals surface area contributed by atoms with Crippen LogP contribution >= 0.6 is 0 Å². The van der Waals surface area contributed by atoms with E-state index in [0.717, 1.165) is 61.9 Å². The first-order valence-corrected chi connectivity index (χ1v) is 18.7. The lowest BCUT2D eigenvalue weighted by molar-refractivity contribution is -0.00518. The van der Waals surface area contributed by atoms with Gasteiger partial charge in [-0.2, -0.15) is 5.26 Å². The summed E-state index contributed by atoms with van der Waals surface area (Å²) in [6, 6.07) is 51.0. The minimum atomic E-state index is 0.374. The van der Waals surface area contributed by atoms with Crippen molar-refractivity contribution < 1.29 is 0 Å². The van der Waals surface area contributed by atoms with Crippen LogP contribution in [0.15, 0.2) is 140 Å². The summed E-state index contributed by atoms with van der Waals surface area (Å²) in [4.78, 5) is 15.4. The summed E-state index contributed by atoms with van der Waals surface area (Å²) < 4.78 is 0. The molecule has 4 nitrogen and oxygen atoms in total. The third kappa shape index (κ3) is 5.40. The van der Waals surface area contributed by atoms with Crippen molar-refractivity contribution in [2.24, 2.45) is 17.8 Å². The number of fused-ring (bicyclic) bond motifs is 1. The van der Waals surface area contributed by atoms with Crippen LogP contribution in [0.4, 0.5) is 0 Å². The molecule has 0 spiro atoms. The maximum absolute atomic E-state index is 9.62. The van der Waals surface area contributed by atoms with Gasteiger partial charge in [0.25, 0.3) is 0 Å². The van der Waals surface area contributed by atoms with Gasteiger partial charge in [-0.15, -0.1) is 0 Å². The molecule has 0 atom stereocenters. The average molecular weight is 671 g/mol. The van der Waals surface area contributed by atoms with Gasteiger partial charge in [0.05, 0.1) is 11.6 Å². The van der Waals surface area contributed by atoms with E-state index in [2.05, 4.69) is 109 Å². The quantitative estimate of drug-likeness (QED) is 0.177. The first-order chi connectivity index (χ1) is 25.6. The Balaban J connectivity index is 1.06. The maximum Gasteiger partial charge on any atom is 0.164 e. The van der Waals surface area contributed by atoms with Gasteiger partial charge in [-0.1, -0.05) is 121 Å². The Morgan fingerprint density at radius 3 is 1.81 bits per heavy atom. The van der Waals surface area contributed by atoms with Gasteiger partial charge in [-0.25, -0.2) is 15.0 Å². The summed E-state index contributed by atoms with van der Waals surface area (Å²) in [6.07, 6.45) is 8.48. The van der Waals surface area contributed by atoms with E-state index in [4.69, 9.17) is 15.0 Å². The zero-order valence-electron chi connectivity index (χ0n) is 29.0. The zero-order valence-corrected chi connectivity index (χ0v) is 29.0. The van der Waals surface area contributed by atoms with Crippen molar-refractivity contribution in [2.75, 3.05) is 0 Å². The molecule has 1 heterocycles. The van der Waals surface area contributed by atoms with Crippen molar-refractivity contribution in [1.29, 1.82) is 5.26 Å². The molecule has 0 aliphatic heterocycles. The fourth-order valence-corrected chi connectivity index (χ4v) is 10.2. The molecule has 6 aromatic carbocycles. The van der Waals surface area contributed by atoms with Crippen molar-refractivity contribution in [2.45, 2.75) is 43.9 Å². The third-order valence-corrected chi connectivity index (χ3v) is 12.1. The van der Waals surface area contributed by atoms with Crippen LogP contribution in [0.5, 0.6) is 0 Å². The van der Waals surface area contributed by atoms with Gasteiger partial charge in [0.2, 0.25) is 0 Å². The van der Waals surface area contributed by atoms with Crippen molar-refractivity contribution in [3.8, 4) is 62.5 Å². The molecule has 0 unspecified atom stereocenters. The molecule has 11 rings (SSSR count). The lowest BCUT2D eigenvalue weighted by atomic mass is 9.48. The van der Waals surface area contributed by atoms with E-state index in [-0.39, 0.29) is 0 Å². The number of benzene rings is 6. The van der Waals surface area contributed by atoms with E-state index in [0.29, 0.717) is 28.5 Å². The molecule has 0 N–H and O–H groups in total. The van der Waals surface area contributed by atoms with Gasteiger partial charge in [-0.05, 0) is 118 Å². The SMILES string of the molecule is N#Cc1ccc2cccc(-c3cccc(-c4nc(-c5ccccc5)nc(-c5ccccc5-c5ccc(C67CC8C[C@H](C6)C[C@@H](C8)C7)cc5)n4)c3)c2c1. The van der Waals surface area contributed by atoms with Crippen LogP contribution in [0.1, 0.15) is 49.7 Å². The summed E-state index contributed by atoms with van der Waals surface area (Å²) >= 11 is 0. The average Bonchev–Trinajstić information content (AvgIpc) is 3.20. The molecule has 52 heavy (non-hydrogen) atoms. The van der Waals surface area contributed by atoms with E-state index in [1.165, 1.54) is 49.7 Å². The minimum absolute atomic E-state index is 0.374. The number of aromatic nitrogens is 3. The second-order valence-electron chi connectivity index (χ2n) is 15.4. The predicted octanol–water partition coefficient (Wildman–Crippen LogP) is 11.7. The number of nitrogens with zero attached hydrogens (tertiary/aromatic N) is 4. The van der Waals surface area contributed by atoms with E-state index in [1.807, 2.05) is 36.4 Å². The van der Waals surface area contributed by atoms with Crippen LogP contribution in [0.25, 0.3) is 67.2 Å². The van der Waals surface area contributed by atoms with Crippen LogP contribution in [0, 0.1) is 29.1 Å². The van der Waals surface area contributed by atoms with Crippen molar-refractivity contribution in [3.05, 3.63) is 151 Å². The summed E-state index contributed by atoms with van der Waals surface area (Å²) in [6.45, 7) is 0. The second-order valence-corrected chi connectivity index (χ2v) is 15.4. The van der Waals surface area contributed by atoms with Gasteiger partial charge in [0, 0.05) is 16.7 Å². The standard InChI is InChI=1S/C48H38N4/c49-30-31-16-17-35-10-7-15-42(44(35)25-31)38-11-6-12-39(26-38)46-50-45(37-8-2-1-3-9-37)51-47(52-46)43-14-5-4-13-41(43)36-18-20-40(21-19-36)48-27-32-22-33(28-48)24-34(23-32)29-48/h1-21,25-26,32-34H,22-24,27-29H2/t32-,33+,34?,48?. The zero-order chi connectivity index (χ0) is 34.6. The van der Waals surface area contributed by atoms with Crippen LogP contribution < -0.4 is 0 Å². The fourth-order valence-electron chi connectivity index (χ4n) is 10.2. The molecule has 4 fully saturated rings. The third-order valence-electron chi connectivity index (χ3n) is 12.1. The largest absolute Gasteiger partial charge is 0.208 e. The van der Waals surface area contributed by atoms with Crippen molar-refractivity contribution in [3.63, 3.8) is 0 Å². The van der Waals surface area contributed by atoms with Crippen molar-refractivity contribution in [1.82, 2.24) is 15.0 Å². The Morgan fingerprint density at radius 1 is 0.481 bits per heavy atom. The number of rotatable bonds is 6. The number of nitriles is 1. The van der Waals surface area contributed by atoms with Gasteiger partial charge in [-0.3, -0.25) is 0 Å². The normalized spacial score (nSPS) is 21.6. The van der Waals surface area contributed by atoms with Gasteiger partial charge >= 0.3 is 0 Å². The van der Waals surface area contributed by atoms with Gasteiger partial charge < -0.3 is 0 Å². The highest BCUT2D eigenvalue weighted by Crippen LogP contribution is 2.60. The fraction of sp³-hybridized carbons (Fsp3) is 0.208. The molecule has 0 amide bonds. The molecule has 4 saturated carbocycles. The van der Waals surface area contributed by atoms with Crippen LogP contribution in [0.2, 0.25) is 0 Å². The molecule has 4 heteroatoms. The highest BCUT2D eigenvalue weighted by Gasteiger charge is 2.51. The van der Waals surface area contributed by atoms with Gasteiger partial charge in [0.15, 0.2) is 17.5 Å². The molecule has 0 saturated heterocycles. The molecule has 7 aromatic rings. The first-order valence-electron chi connectivity index (χ1n) is 18.7. The molecule has 0 radical (unpaired) electrons. The van der Waals surface area contributed by atoms with Crippen LogP contribution in [-0.4, -0.2) is 15.0 Å². The monoisotopic (exact) mass is 670 g/mol. The van der Waals surface area contributed by atoms with E-state index in [9.17, 15) is 5.26 Å². The smallest absolute Gasteiger partial charge is 0.164 e. The van der Waals surface area contributed by atoms with Gasteiger partial charge in [0.1, 0.15) is 0 Å². The lowest BCUT2D eigenvalue weighted by Crippen LogP contribution is -2.48. The Morgan fingerprint density at radius 2 is 1.08 bits per heavy atom. The lowest BCUT2D eigenvalue weighted by Gasteiger charge is -2.57. The van der Waals surface area contributed by atoms with E-state index < -0.39 is 0 Å². The Kier molecular flexibility index (Phi) is 7.35. The van der Waals surface area contributed by atoms with Crippen molar-refractivity contribution >= 4 is 10.8 Å². The summed E-state index contributed by atoms with van der Waals surface area (Å²) in [5.74, 6) is 4.68. The highest BCUT2D eigenvalue weighted by atomic mass is 15.0. The van der Waals surface area contributed by atoms with Crippen LogP contribution in [-0.2, 0) is 5.41 Å². The predicted molar refractivity (Wildman–Crippen MR) is 209 cm³/mol. The summed E-state index contributed by atoms with van der Waals surface area (Å²) in [5.41, 5.74) is 9.80. The first kappa shape index (κ1) is 30.9. The molecular formula is C48H38N4.